The van der Waals surface area contributed by atoms with Crippen molar-refractivity contribution in [1.29, 1.82) is 0 Å². The van der Waals surface area contributed by atoms with Gasteiger partial charge in [-0.15, -0.1) is 0 Å². The molecule has 1 heterocycles. The number of carbonyl (C=O) groups excluding carboxylic acids is 1. The highest BCUT2D eigenvalue weighted by Crippen LogP contribution is 2.58. The van der Waals surface area contributed by atoms with Crippen molar-refractivity contribution in [3.05, 3.63) is 0 Å². The third-order valence-electron chi connectivity index (χ3n) is 4.57. The highest BCUT2D eigenvalue weighted by Gasteiger charge is 2.71. The summed E-state index contributed by atoms with van der Waals surface area (Å²) in [4.78, 5) is 13.4. The number of carbonyl (C=O) groups is 1. The Balaban J connectivity index is 2.18. The molecule has 18 heavy (non-hydrogen) atoms. The first-order valence-corrected chi connectivity index (χ1v) is 6.17. The van der Waals surface area contributed by atoms with Crippen LogP contribution in [0.3, 0.4) is 0 Å². The van der Waals surface area contributed by atoms with Crippen LogP contribution in [0.2, 0.25) is 0 Å². The smallest absolute Gasteiger partial charge is 0.255 e. The molecule has 6 heteroatoms. The van der Waals surface area contributed by atoms with Crippen molar-refractivity contribution in [2.45, 2.75) is 38.3 Å². The zero-order valence-electron chi connectivity index (χ0n) is 11.0. The minimum absolute atomic E-state index is 0.0357. The zero-order chi connectivity index (χ0) is 13.7. The van der Waals surface area contributed by atoms with E-state index >= 15 is 0 Å². The maximum Gasteiger partial charge on any atom is 0.255 e. The van der Waals surface area contributed by atoms with Gasteiger partial charge in [-0.05, 0) is 6.42 Å². The molecule has 1 aliphatic carbocycles. The largest absolute Gasteiger partial charge is 0.377 e. The van der Waals surface area contributed by atoms with Crippen molar-refractivity contribution in [3.8, 4) is 0 Å². The summed E-state index contributed by atoms with van der Waals surface area (Å²) in [6.07, 6.45) is -1.86. The number of alkyl halides is 2. The van der Waals surface area contributed by atoms with E-state index in [1.54, 1.807) is 0 Å². The van der Waals surface area contributed by atoms with E-state index in [1.165, 1.54) is 7.05 Å². The summed E-state index contributed by atoms with van der Waals surface area (Å²) < 4.78 is 30.3. The van der Waals surface area contributed by atoms with E-state index in [2.05, 4.69) is 0 Å². The highest BCUT2D eigenvalue weighted by molar-refractivity contribution is 5.89. The van der Waals surface area contributed by atoms with E-state index in [-0.39, 0.29) is 12.0 Å². The van der Waals surface area contributed by atoms with Crippen LogP contribution in [0, 0.1) is 11.3 Å². The summed E-state index contributed by atoms with van der Waals surface area (Å²) in [6, 6.07) is 0. The molecule has 0 aromatic rings. The van der Waals surface area contributed by atoms with Crippen molar-refractivity contribution in [3.63, 3.8) is 0 Å². The zero-order valence-corrected chi connectivity index (χ0v) is 11.0. The number of amides is 1. The van der Waals surface area contributed by atoms with Gasteiger partial charge in [0.05, 0.1) is 12.6 Å². The SMILES string of the molecule is CN(CC(F)F)C(=O)C1(N)C2CCOC2C1(C)C. The fourth-order valence-corrected chi connectivity index (χ4v) is 3.42. The number of hydrogen-bond donors (Lipinski definition) is 1. The molecular formula is C12H20F2N2O2. The van der Waals surface area contributed by atoms with E-state index < -0.39 is 29.8 Å². The molecule has 3 atom stereocenters. The monoisotopic (exact) mass is 262 g/mol. The van der Waals surface area contributed by atoms with Crippen LogP contribution in [0.5, 0.6) is 0 Å². The Kier molecular flexibility index (Phi) is 3.14. The van der Waals surface area contributed by atoms with Crippen molar-refractivity contribution in [2.24, 2.45) is 17.1 Å². The molecule has 0 aromatic carbocycles. The number of fused-ring (bicyclic) bond motifs is 1. The summed E-state index contributed by atoms with van der Waals surface area (Å²) >= 11 is 0. The molecule has 2 aliphatic rings. The molecule has 1 aliphatic heterocycles. The Morgan fingerprint density at radius 3 is 2.72 bits per heavy atom. The van der Waals surface area contributed by atoms with Gasteiger partial charge in [-0.1, -0.05) is 13.8 Å². The van der Waals surface area contributed by atoms with E-state index in [1.807, 2.05) is 13.8 Å². The number of hydrogen-bond acceptors (Lipinski definition) is 3. The predicted octanol–water partition coefficient (Wildman–Crippen LogP) is 0.852. The van der Waals surface area contributed by atoms with Crippen LogP contribution in [0.25, 0.3) is 0 Å². The molecule has 3 unspecified atom stereocenters. The number of likely N-dealkylation sites (N-methyl/N-ethyl adjacent to an activating group) is 1. The lowest BCUT2D eigenvalue weighted by Crippen LogP contribution is -2.80. The molecule has 0 aromatic heterocycles. The van der Waals surface area contributed by atoms with Gasteiger partial charge in [0.1, 0.15) is 5.54 Å². The van der Waals surface area contributed by atoms with Crippen molar-refractivity contribution in [2.75, 3.05) is 20.2 Å². The topological polar surface area (TPSA) is 55.6 Å². The first kappa shape index (κ1) is 13.7. The minimum Gasteiger partial charge on any atom is -0.377 e. The number of ether oxygens (including phenoxy) is 1. The molecule has 0 spiro atoms. The van der Waals surface area contributed by atoms with E-state index in [0.29, 0.717) is 6.61 Å². The van der Waals surface area contributed by atoms with E-state index in [9.17, 15) is 13.6 Å². The number of nitrogens with two attached hydrogens (primary N) is 1. The van der Waals surface area contributed by atoms with Gasteiger partial charge in [0, 0.05) is 25.0 Å². The fourth-order valence-electron chi connectivity index (χ4n) is 3.42. The Morgan fingerprint density at radius 1 is 1.56 bits per heavy atom. The lowest BCUT2D eigenvalue weighted by molar-refractivity contribution is -0.184. The van der Waals surface area contributed by atoms with Crippen molar-refractivity contribution < 1.29 is 18.3 Å². The molecule has 1 saturated carbocycles. The Hall–Kier alpha value is -0.750. The first-order valence-electron chi connectivity index (χ1n) is 6.17. The Morgan fingerprint density at radius 2 is 2.17 bits per heavy atom. The standard InChI is InChI=1S/C12H20F2N2O2/c1-11(2)9-7(4-5-18-9)12(11,15)10(17)16(3)6-8(13)14/h7-9H,4-6,15H2,1-3H3. The van der Waals surface area contributed by atoms with Gasteiger partial charge in [-0.25, -0.2) is 8.78 Å². The van der Waals surface area contributed by atoms with Gasteiger partial charge in [-0.3, -0.25) is 4.79 Å². The maximum absolute atomic E-state index is 12.4. The predicted molar refractivity (Wildman–Crippen MR) is 62.2 cm³/mol. The second-order valence-electron chi connectivity index (χ2n) is 5.85. The lowest BCUT2D eigenvalue weighted by atomic mass is 9.47. The second-order valence-corrected chi connectivity index (χ2v) is 5.85. The molecule has 0 radical (unpaired) electrons. The second kappa shape index (κ2) is 4.13. The Bertz CT molecular complexity index is 362. The normalized spacial score (nSPS) is 37.3. The average Bonchev–Trinajstić information content (AvgIpc) is 2.73. The number of nitrogens with zero attached hydrogens (tertiary/aromatic N) is 1. The van der Waals surface area contributed by atoms with Crippen LogP contribution in [-0.2, 0) is 9.53 Å². The van der Waals surface area contributed by atoms with Crippen LogP contribution < -0.4 is 5.73 Å². The summed E-state index contributed by atoms with van der Waals surface area (Å²) in [5.41, 5.74) is 4.67. The quantitative estimate of drug-likeness (QED) is 0.820. The molecular weight excluding hydrogens is 242 g/mol. The van der Waals surface area contributed by atoms with Crippen molar-refractivity contribution in [1.82, 2.24) is 4.90 Å². The number of rotatable bonds is 3. The van der Waals surface area contributed by atoms with E-state index in [4.69, 9.17) is 10.5 Å². The van der Waals surface area contributed by atoms with Crippen LogP contribution in [0.1, 0.15) is 20.3 Å². The minimum atomic E-state index is -2.54. The summed E-state index contributed by atoms with van der Waals surface area (Å²) in [7, 11) is 1.38. The van der Waals surface area contributed by atoms with Gasteiger partial charge in [0.25, 0.3) is 6.43 Å². The molecule has 2 fully saturated rings. The molecule has 104 valence electrons. The molecule has 1 saturated heterocycles. The average molecular weight is 262 g/mol. The van der Waals surface area contributed by atoms with Gasteiger partial charge in [0.2, 0.25) is 5.91 Å². The first-order chi connectivity index (χ1) is 8.23. The maximum atomic E-state index is 12.4. The summed E-state index contributed by atoms with van der Waals surface area (Å²) in [5.74, 6) is -0.459. The number of halogens is 2. The van der Waals surface area contributed by atoms with Crippen LogP contribution in [0.4, 0.5) is 8.78 Å². The fraction of sp³-hybridized carbons (Fsp3) is 0.917. The van der Waals surface area contributed by atoms with Gasteiger partial charge in [0.15, 0.2) is 0 Å². The van der Waals surface area contributed by atoms with E-state index in [0.717, 1.165) is 11.3 Å². The molecule has 2 rings (SSSR count). The third-order valence-corrected chi connectivity index (χ3v) is 4.57. The Labute approximate surface area is 105 Å². The lowest BCUT2D eigenvalue weighted by Gasteiger charge is -2.61. The summed E-state index contributed by atoms with van der Waals surface area (Å²) in [6.45, 7) is 3.75. The van der Waals surface area contributed by atoms with Gasteiger partial charge < -0.3 is 15.4 Å². The third kappa shape index (κ3) is 1.58. The van der Waals surface area contributed by atoms with Gasteiger partial charge in [-0.2, -0.15) is 0 Å². The van der Waals surface area contributed by atoms with Gasteiger partial charge >= 0.3 is 0 Å². The van der Waals surface area contributed by atoms with Crippen molar-refractivity contribution >= 4 is 5.91 Å². The van der Waals surface area contributed by atoms with Crippen LogP contribution in [-0.4, -0.2) is 49.1 Å². The molecule has 2 N–H and O–H groups in total. The molecule has 1 amide bonds. The molecule has 4 nitrogen and oxygen atoms in total. The van der Waals surface area contributed by atoms with Crippen LogP contribution in [0.15, 0.2) is 0 Å². The van der Waals surface area contributed by atoms with Crippen LogP contribution >= 0.6 is 0 Å². The summed E-state index contributed by atoms with van der Waals surface area (Å²) in [5, 5.41) is 0. The highest BCUT2D eigenvalue weighted by atomic mass is 19.3. The molecule has 0 bridgehead atoms.